The lowest BCUT2D eigenvalue weighted by Crippen LogP contribution is -2.62. The minimum absolute atomic E-state index is 0.0125. The van der Waals surface area contributed by atoms with Crippen molar-refractivity contribution in [3.63, 3.8) is 0 Å². The molecule has 6 atom stereocenters. The second kappa shape index (κ2) is 19.3. The Hall–Kier alpha value is -2.15. The number of likely N-dealkylation sites (tertiary alicyclic amines) is 2. The number of hydrogen-bond acceptors (Lipinski definition) is 9. The molecule has 0 aromatic heterocycles. The van der Waals surface area contributed by atoms with Crippen LogP contribution in [0.5, 0.6) is 0 Å². The molecule has 0 aromatic carbocycles. The van der Waals surface area contributed by atoms with Gasteiger partial charge in [-0.05, 0) is 89.7 Å². The number of rotatable bonds is 16. The first-order valence-corrected chi connectivity index (χ1v) is 19.3. The maximum Gasteiger partial charge on any atom is 0.328 e. The molecule has 0 saturated carbocycles. The lowest BCUT2D eigenvalue weighted by Gasteiger charge is -2.44. The summed E-state index contributed by atoms with van der Waals surface area (Å²) < 4.78 is 5.18. The lowest BCUT2D eigenvalue weighted by molar-refractivity contribution is -0.148. The Bertz CT molecular complexity index is 1110. The number of carbonyl (C=O) groups excluding carboxylic acids is 4. The van der Waals surface area contributed by atoms with Crippen molar-refractivity contribution in [3.8, 4) is 0 Å². The SMILES string of the molecule is CCOC(=O)[C@H](CCSC)NC(=O)[C@@H]1CCCN1C(=O)/C(C)=C/[C@H](C(C)C)N(C)C(=O)[C@@H](N[C@H](O)C1CCCCN1C(C)C)C(C)(C)C. The van der Waals surface area contributed by atoms with Gasteiger partial charge in [0.05, 0.1) is 18.7 Å². The largest absolute Gasteiger partial charge is 0.464 e. The van der Waals surface area contributed by atoms with Gasteiger partial charge in [-0.2, -0.15) is 11.8 Å². The fraction of sp³-hybridized carbons (Fsp3) is 0.833. The van der Waals surface area contributed by atoms with Crippen molar-refractivity contribution in [1.29, 1.82) is 0 Å². The van der Waals surface area contributed by atoms with E-state index in [1.807, 2.05) is 47.0 Å². The van der Waals surface area contributed by atoms with Gasteiger partial charge < -0.3 is 25.0 Å². The molecule has 48 heavy (non-hydrogen) atoms. The minimum atomic E-state index is -0.868. The van der Waals surface area contributed by atoms with E-state index < -0.39 is 41.8 Å². The molecule has 276 valence electrons. The zero-order valence-corrected chi connectivity index (χ0v) is 32.3. The average molecular weight is 696 g/mol. The first-order chi connectivity index (χ1) is 22.5. The highest BCUT2D eigenvalue weighted by atomic mass is 32.2. The van der Waals surface area contributed by atoms with Gasteiger partial charge in [-0.15, -0.1) is 0 Å². The Morgan fingerprint density at radius 3 is 2.29 bits per heavy atom. The average Bonchev–Trinajstić information content (AvgIpc) is 3.52. The second-order valence-corrected chi connectivity index (χ2v) is 16.1. The first-order valence-electron chi connectivity index (χ1n) is 17.9. The van der Waals surface area contributed by atoms with Crippen molar-refractivity contribution in [1.82, 2.24) is 25.3 Å². The Morgan fingerprint density at radius 1 is 1.06 bits per heavy atom. The molecular formula is C36H65N5O6S. The second-order valence-electron chi connectivity index (χ2n) is 15.1. The van der Waals surface area contributed by atoms with Gasteiger partial charge in [0.2, 0.25) is 17.7 Å². The van der Waals surface area contributed by atoms with Crippen LogP contribution in [-0.2, 0) is 23.9 Å². The van der Waals surface area contributed by atoms with Crippen molar-refractivity contribution in [2.24, 2.45) is 11.3 Å². The smallest absolute Gasteiger partial charge is 0.328 e. The summed E-state index contributed by atoms with van der Waals surface area (Å²) in [7, 11) is 1.76. The highest BCUT2D eigenvalue weighted by Gasteiger charge is 2.41. The van der Waals surface area contributed by atoms with Crippen LogP contribution in [0.3, 0.4) is 0 Å². The van der Waals surface area contributed by atoms with E-state index in [0.717, 1.165) is 25.8 Å². The molecule has 2 saturated heterocycles. The number of likely N-dealkylation sites (N-methyl/N-ethyl adjacent to an activating group) is 1. The fourth-order valence-corrected chi connectivity index (χ4v) is 7.34. The van der Waals surface area contributed by atoms with Crippen molar-refractivity contribution in [3.05, 3.63) is 11.6 Å². The molecule has 0 radical (unpaired) electrons. The molecule has 2 aliphatic heterocycles. The maximum atomic E-state index is 14.2. The number of nitrogens with zero attached hydrogens (tertiary/aromatic N) is 3. The third-order valence-corrected chi connectivity index (χ3v) is 10.3. The third kappa shape index (κ3) is 11.5. The number of esters is 1. The number of carbonyl (C=O) groups is 4. The van der Waals surface area contributed by atoms with Crippen molar-refractivity contribution < 1.29 is 29.0 Å². The fourth-order valence-electron chi connectivity index (χ4n) is 6.87. The summed E-state index contributed by atoms with van der Waals surface area (Å²) in [6, 6.07) is -2.31. The number of nitrogens with one attached hydrogen (secondary N) is 2. The van der Waals surface area contributed by atoms with Crippen LogP contribution in [0.15, 0.2) is 11.6 Å². The Kier molecular flexibility index (Phi) is 16.9. The van der Waals surface area contributed by atoms with Gasteiger partial charge in [-0.1, -0.05) is 47.1 Å². The molecule has 2 rings (SSSR count). The standard InChI is InChI=1S/C36H65N5O6S/c1-12-47-35(46)26(18-21-48-11)37-31(42)28-17-15-20-41(28)33(44)25(6)22-29(23(2)3)39(10)34(45)30(36(7,8)9)38-32(43)27-16-13-14-19-40(27)24(4)5/h22-24,26-30,32,38,43H,12-21H2,1-11H3,(H,37,42)/b25-22+/t26-,27?,28-,29+,30+,32+/m0/s1. The van der Waals surface area contributed by atoms with Gasteiger partial charge in [0.15, 0.2) is 0 Å². The molecule has 2 fully saturated rings. The summed E-state index contributed by atoms with van der Waals surface area (Å²) in [5.41, 5.74) is -0.0416. The Labute approximate surface area is 294 Å². The summed E-state index contributed by atoms with van der Waals surface area (Å²) in [4.78, 5) is 59.6. The van der Waals surface area contributed by atoms with Crippen LogP contribution >= 0.6 is 11.8 Å². The summed E-state index contributed by atoms with van der Waals surface area (Å²) in [6.45, 7) is 19.3. The topological polar surface area (TPSA) is 132 Å². The quantitative estimate of drug-likeness (QED) is 0.125. The predicted octanol–water partition coefficient (Wildman–Crippen LogP) is 3.79. The number of piperidine rings is 1. The molecule has 3 N–H and O–H groups in total. The van der Waals surface area contributed by atoms with Gasteiger partial charge in [0.25, 0.3) is 0 Å². The van der Waals surface area contributed by atoms with E-state index >= 15 is 0 Å². The lowest BCUT2D eigenvalue weighted by atomic mass is 9.84. The summed E-state index contributed by atoms with van der Waals surface area (Å²) in [6.07, 6.45) is 7.53. The highest BCUT2D eigenvalue weighted by Crippen LogP contribution is 2.28. The van der Waals surface area contributed by atoms with Crippen LogP contribution in [0.2, 0.25) is 0 Å². The number of amides is 3. The van der Waals surface area contributed by atoms with Gasteiger partial charge in [-0.3, -0.25) is 24.6 Å². The van der Waals surface area contributed by atoms with E-state index in [4.69, 9.17) is 4.74 Å². The van der Waals surface area contributed by atoms with Crippen LogP contribution in [0.4, 0.5) is 0 Å². The van der Waals surface area contributed by atoms with E-state index in [-0.39, 0.29) is 42.3 Å². The number of ether oxygens (including phenoxy) is 1. The van der Waals surface area contributed by atoms with E-state index in [1.165, 1.54) is 0 Å². The molecular weight excluding hydrogens is 630 g/mol. The number of hydrogen-bond donors (Lipinski definition) is 3. The summed E-state index contributed by atoms with van der Waals surface area (Å²) in [5, 5.41) is 17.6. The Balaban J connectivity index is 2.25. The number of thioether (sulfide) groups is 1. The molecule has 3 amide bonds. The monoisotopic (exact) mass is 695 g/mol. The van der Waals surface area contributed by atoms with Gasteiger partial charge in [-0.25, -0.2) is 4.79 Å². The van der Waals surface area contributed by atoms with Crippen LogP contribution in [0, 0.1) is 11.3 Å². The summed E-state index contributed by atoms with van der Waals surface area (Å²) in [5.74, 6) is -0.566. The van der Waals surface area contributed by atoms with Crippen molar-refractivity contribution in [2.45, 2.75) is 143 Å². The van der Waals surface area contributed by atoms with Crippen LogP contribution < -0.4 is 10.6 Å². The third-order valence-electron chi connectivity index (χ3n) is 9.62. The van der Waals surface area contributed by atoms with Crippen molar-refractivity contribution in [2.75, 3.05) is 38.8 Å². The first kappa shape index (κ1) is 42.0. The predicted molar refractivity (Wildman–Crippen MR) is 193 cm³/mol. The molecule has 11 nitrogen and oxygen atoms in total. The van der Waals surface area contributed by atoms with Gasteiger partial charge >= 0.3 is 5.97 Å². The number of aliphatic hydroxyl groups is 1. The van der Waals surface area contributed by atoms with E-state index in [9.17, 15) is 24.3 Å². The molecule has 2 heterocycles. The Morgan fingerprint density at radius 2 is 1.73 bits per heavy atom. The molecule has 0 spiro atoms. The van der Waals surface area contributed by atoms with Crippen LogP contribution in [0.25, 0.3) is 0 Å². The molecule has 0 aliphatic carbocycles. The molecule has 12 heteroatoms. The summed E-state index contributed by atoms with van der Waals surface area (Å²) >= 11 is 1.58. The molecule has 1 unspecified atom stereocenters. The van der Waals surface area contributed by atoms with Crippen LogP contribution in [-0.4, -0.2) is 125 Å². The molecule has 0 aromatic rings. The van der Waals surface area contributed by atoms with E-state index in [2.05, 4.69) is 29.4 Å². The normalized spacial score (nSPS) is 22.0. The maximum absolute atomic E-state index is 14.2. The van der Waals surface area contributed by atoms with E-state index in [0.29, 0.717) is 37.1 Å². The van der Waals surface area contributed by atoms with Crippen LogP contribution in [0.1, 0.15) is 101 Å². The minimum Gasteiger partial charge on any atom is -0.464 e. The number of aliphatic hydroxyl groups excluding tert-OH is 1. The van der Waals surface area contributed by atoms with Gasteiger partial charge in [0.1, 0.15) is 18.3 Å². The highest BCUT2D eigenvalue weighted by molar-refractivity contribution is 7.98. The zero-order chi connectivity index (χ0) is 36.3. The van der Waals surface area contributed by atoms with E-state index in [1.54, 1.807) is 42.5 Å². The van der Waals surface area contributed by atoms with Gasteiger partial charge in [0, 0.05) is 31.2 Å². The molecule has 2 aliphatic rings. The zero-order valence-electron chi connectivity index (χ0n) is 31.5. The molecule has 0 bridgehead atoms. The van der Waals surface area contributed by atoms with Crippen molar-refractivity contribution >= 4 is 35.5 Å².